The predicted molar refractivity (Wildman–Crippen MR) is 33.3 cm³/mol. The van der Waals surface area contributed by atoms with Gasteiger partial charge in [0.15, 0.2) is 5.60 Å². The van der Waals surface area contributed by atoms with E-state index < -0.39 is 19.6 Å². The monoisotopic (exact) mass is 208 g/mol. The van der Waals surface area contributed by atoms with Gasteiger partial charge in [-0.15, -0.1) is 0 Å². The standard InChI is InChI=1S/C4H8F3O4P/c1-3(2,4(5,6)7)11-12(8,9)10/h1-2H3,(H2,8,9,10). The number of halogens is 3. The molecule has 0 rings (SSSR count). The van der Waals surface area contributed by atoms with E-state index in [0.29, 0.717) is 13.8 Å². The zero-order chi connectivity index (χ0) is 10.2. The summed E-state index contributed by atoms with van der Waals surface area (Å²) >= 11 is 0. The summed E-state index contributed by atoms with van der Waals surface area (Å²) in [7, 11) is -5.10. The molecule has 0 unspecified atom stereocenters. The molecule has 8 heteroatoms. The second-order valence-electron chi connectivity index (χ2n) is 2.59. The zero-order valence-electron chi connectivity index (χ0n) is 6.29. The molecule has 0 spiro atoms. The fourth-order valence-corrected chi connectivity index (χ4v) is 1.05. The Bertz CT molecular complexity index is 205. The molecule has 0 fully saturated rings. The Balaban J connectivity index is 4.56. The summed E-state index contributed by atoms with van der Waals surface area (Å²) in [6.07, 6.45) is -4.81. The minimum atomic E-state index is -5.10. The molecule has 4 nitrogen and oxygen atoms in total. The van der Waals surface area contributed by atoms with Crippen LogP contribution in [0, 0.1) is 0 Å². The van der Waals surface area contributed by atoms with E-state index in [1.165, 1.54) is 0 Å². The Morgan fingerprint density at radius 1 is 1.25 bits per heavy atom. The summed E-state index contributed by atoms with van der Waals surface area (Å²) in [5, 5.41) is 0. The van der Waals surface area contributed by atoms with Crippen molar-refractivity contribution in [3.8, 4) is 0 Å². The summed E-state index contributed by atoms with van der Waals surface area (Å²) < 4.78 is 49.3. The van der Waals surface area contributed by atoms with Crippen molar-refractivity contribution in [1.82, 2.24) is 0 Å². The summed E-state index contributed by atoms with van der Waals surface area (Å²) in [6.45, 7) is 1.07. The highest BCUT2D eigenvalue weighted by atomic mass is 31.2. The van der Waals surface area contributed by atoms with Crippen LogP contribution in [0.5, 0.6) is 0 Å². The van der Waals surface area contributed by atoms with Crippen LogP contribution >= 0.6 is 7.82 Å². The summed E-state index contributed by atoms with van der Waals surface area (Å²) in [5.41, 5.74) is -2.84. The van der Waals surface area contributed by atoms with Crippen LogP contribution in [-0.2, 0) is 9.09 Å². The van der Waals surface area contributed by atoms with Gasteiger partial charge in [0.25, 0.3) is 0 Å². The fourth-order valence-electron chi connectivity index (χ4n) is 0.349. The highest BCUT2D eigenvalue weighted by Gasteiger charge is 2.52. The van der Waals surface area contributed by atoms with E-state index in [-0.39, 0.29) is 0 Å². The van der Waals surface area contributed by atoms with Gasteiger partial charge in [-0.25, -0.2) is 4.57 Å². The van der Waals surface area contributed by atoms with E-state index in [0.717, 1.165) is 0 Å². The van der Waals surface area contributed by atoms with E-state index in [2.05, 4.69) is 4.52 Å². The van der Waals surface area contributed by atoms with Crippen LogP contribution in [0.3, 0.4) is 0 Å². The first-order valence-corrected chi connectivity index (χ1v) is 4.32. The molecule has 0 aromatic rings. The summed E-state index contributed by atoms with van der Waals surface area (Å²) in [4.78, 5) is 16.2. The maximum atomic E-state index is 11.9. The lowest BCUT2D eigenvalue weighted by Crippen LogP contribution is -2.40. The fraction of sp³-hybridized carbons (Fsp3) is 1.00. The zero-order valence-corrected chi connectivity index (χ0v) is 7.19. The van der Waals surface area contributed by atoms with Crippen LogP contribution in [0.15, 0.2) is 0 Å². The lowest BCUT2D eigenvalue weighted by molar-refractivity contribution is -0.238. The van der Waals surface area contributed by atoms with Crippen molar-refractivity contribution in [2.75, 3.05) is 0 Å². The van der Waals surface area contributed by atoms with Crippen molar-refractivity contribution >= 4 is 7.82 Å². The maximum Gasteiger partial charge on any atom is 0.470 e. The number of alkyl halides is 3. The number of phosphoric acid groups is 1. The number of hydrogen-bond acceptors (Lipinski definition) is 2. The molecule has 0 heterocycles. The van der Waals surface area contributed by atoms with E-state index in [9.17, 15) is 17.7 Å². The second kappa shape index (κ2) is 2.99. The van der Waals surface area contributed by atoms with E-state index in [4.69, 9.17) is 9.79 Å². The lowest BCUT2D eigenvalue weighted by Gasteiger charge is -2.27. The highest BCUT2D eigenvalue weighted by molar-refractivity contribution is 7.46. The topological polar surface area (TPSA) is 66.8 Å². The van der Waals surface area contributed by atoms with Gasteiger partial charge in [0, 0.05) is 0 Å². The van der Waals surface area contributed by atoms with Crippen molar-refractivity contribution in [2.24, 2.45) is 0 Å². The Morgan fingerprint density at radius 3 is 1.67 bits per heavy atom. The molecule has 0 aromatic heterocycles. The van der Waals surface area contributed by atoms with Gasteiger partial charge < -0.3 is 9.79 Å². The van der Waals surface area contributed by atoms with Gasteiger partial charge in [-0.3, -0.25) is 4.52 Å². The normalized spacial score (nSPS) is 14.9. The Morgan fingerprint density at radius 2 is 1.58 bits per heavy atom. The summed E-state index contributed by atoms with van der Waals surface area (Å²) in [5.74, 6) is 0. The molecule has 0 amide bonds. The van der Waals surface area contributed by atoms with Gasteiger partial charge in [-0.05, 0) is 13.8 Å². The first kappa shape index (κ1) is 11.9. The minimum absolute atomic E-state index is 0.534. The Kier molecular flexibility index (Phi) is 2.97. The third kappa shape index (κ3) is 3.53. The molecule has 0 aliphatic carbocycles. The molecule has 74 valence electrons. The number of hydrogen-bond donors (Lipinski definition) is 2. The van der Waals surface area contributed by atoms with Crippen molar-refractivity contribution in [1.29, 1.82) is 0 Å². The van der Waals surface area contributed by atoms with E-state index in [1.54, 1.807) is 0 Å². The van der Waals surface area contributed by atoms with Crippen molar-refractivity contribution < 1.29 is 32.0 Å². The summed E-state index contributed by atoms with van der Waals surface area (Å²) in [6, 6.07) is 0. The molecule has 0 saturated heterocycles. The second-order valence-corrected chi connectivity index (χ2v) is 3.75. The molecular weight excluding hydrogens is 200 g/mol. The van der Waals surface area contributed by atoms with Gasteiger partial charge in [0.05, 0.1) is 0 Å². The third-order valence-corrected chi connectivity index (χ3v) is 1.72. The van der Waals surface area contributed by atoms with Gasteiger partial charge in [-0.2, -0.15) is 13.2 Å². The van der Waals surface area contributed by atoms with Gasteiger partial charge >= 0.3 is 14.0 Å². The number of rotatable bonds is 2. The smallest absolute Gasteiger partial charge is 0.303 e. The molecule has 0 atom stereocenters. The molecular formula is C4H8F3O4P. The molecule has 2 N–H and O–H groups in total. The van der Waals surface area contributed by atoms with Crippen LogP contribution in [0.25, 0.3) is 0 Å². The molecule has 0 bridgehead atoms. The first-order chi connectivity index (χ1) is 4.96. The molecule has 0 aliphatic rings. The van der Waals surface area contributed by atoms with Crippen LogP contribution in [0.4, 0.5) is 13.2 Å². The molecule has 12 heavy (non-hydrogen) atoms. The lowest BCUT2D eigenvalue weighted by atomic mass is 10.1. The van der Waals surface area contributed by atoms with Gasteiger partial charge in [0.1, 0.15) is 0 Å². The average molecular weight is 208 g/mol. The first-order valence-electron chi connectivity index (χ1n) is 2.79. The van der Waals surface area contributed by atoms with Gasteiger partial charge in [0.2, 0.25) is 0 Å². The molecule has 0 radical (unpaired) electrons. The Hall–Kier alpha value is -0.100. The molecule has 0 aliphatic heterocycles. The largest absolute Gasteiger partial charge is 0.470 e. The highest BCUT2D eigenvalue weighted by Crippen LogP contribution is 2.46. The van der Waals surface area contributed by atoms with E-state index in [1.807, 2.05) is 0 Å². The molecule has 0 saturated carbocycles. The van der Waals surface area contributed by atoms with Crippen LogP contribution < -0.4 is 0 Å². The SMILES string of the molecule is CC(C)(OP(=O)(O)O)C(F)(F)F. The minimum Gasteiger partial charge on any atom is -0.303 e. The van der Waals surface area contributed by atoms with Crippen LogP contribution in [0.2, 0.25) is 0 Å². The van der Waals surface area contributed by atoms with Crippen molar-refractivity contribution in [3.05, 3.63) is 0 Å². The quantitative estimate of drug-likeness (QED) is 0.673. The average Bonchev–Trinajstić information content (AvgIpc) is 1.52. The Labute approximate surface area is 66.6 Å². The molecule has 0 aromatic carbocycles. The van der Waals surface area contributed by atoms with Crippen LogP contribution in [-0.4, -0.2) is 21.6 Å². The van der Waals surface area contributed by atoms with E-state index >= 15 is 0 Å². The third-order valence-electron chi connectivity index (χ3n) is 1.03. The predicted octanol–water partition coefficient (Wildman–Crippen LogP) is 1.44. The maximum absolute atomic E-state index is 11.9. The van der Waals surface area contributed by atoms with Crippen molar-refractivity contribution in [2.45, 2.75) is 25.6 Å². The van der Waals surface area contributed by atoms with Crippen LogP contribution in [0.1, 0.15) is 13.8 Å². The van der Waals surface area contributed by atoms with Gasteiger partial charge in [-0.1, -0.05) is 0 Å². The number of phosphoric ester groups is 1. The van der Waals surface area contributed by atoms with Crippen molar-refractivity contribution in [3.63, 3.8) is 0 Å².